The van der Waals surface area contributed by atoms with Gasteiger partial charge in [-0.1, -0.05) is 42.5 Å². The molecular formula is C24H25FN2O2. The van der Waals surface area contributed by atoms with Crippen LogP contribution < -0.4 is 4.74 Å². The molecular weight excluding hydrogens is 367 g/mol. The van der Waals surface area contributed by atoms with E-state index in [9.17, 15) is 9.18 Å². The summed E-state index contributed by atoms with van der Waals surface area (Å²) in [5.74, 6) is 0.513. The number of ether oxygens (including phenoxy) is 1. The monoisotopic (exact) mass is 392 g/mol. The fourth-order valence-electron chi connectivity index (χ4n) is 3.72. The molecule has 0 aromatic heterocycles. The predicted molar refractivity (Wildman–Crippen MR) is 112 cm³/mol. The Kier molecular flexibility index (Phi) is 6.06. The third kappa shape index (κ3) is 5.12. The second-order valence-corrected chi connectivity index (χ2v) is 7.43. The SMILES string of the molecule is O=C(COc1ccc2ccccc2c1)N1CCCN(Cc2ccc(F)cc2)CC1. The number of halogens is 1. The average Bonchev–Trinajstić information content (AvgIpc) is 2.99. The second-order valence-electron chi connectivity index (χ2n) is 7.43. The summed E-state index contributed by atoms with van der Waals surface area (Å²) in [6, 6.07) is 20.6. The van der Waals surface area contributed by atoms with Crippen LogP contribution in [0.3, 0.4) is 0 Å². The van der Waals surface area contributed by atoms with Gasteiger partial charge in [-0.05, 0) is 47.0 Å². The van der Waals surface area contributed by atoms with E-state index in [0.717, 1.165) is 48.9 Å². The molecule has 0 spiro atoms. The summed E-state index contributed by atoms with van der Waals surface area (Å²) in [6.07, 6.45) is 0.920. The first kappa shape index (κ1) is 19.4. The maximum absolute atomic E-state index is 13.1. The minimum absolute atomic E-state index is 0.0155. The van der Waals surface area contributed by atoms with E-state index in [2.05, 4.69) is 11.0 Å². The number of hydrogen-bond donors (Lipinski definition) is 0. The van der Waals surface area contributed by atoms with Crippen LogP contribution in [0.4, 0.5) is 4.39 Å². The lowest BCUT2D eigenvalue weighted by Gasteiger charge is -2.22. The van der Waals surface area contributed by atoms with Crippen molar-refractivity contribution in [2.75, 3.05) is 32.8 Å². The Morgan fingerprint density at radius 3 is 2.52 bits per heavy atom. The van der Waals surface area contributed by atoms with E-state index in [1.807, 2.05) is 53.4 Å². The van der Waals surface area contributed by atoms with Crippen molar-refractivity contribution >= 4 is 16.7 Å². The van der Waals surface area contributed by atoms with E-state index in [-0.39, 0.29) is 18.3 Å². The zero-order valence-corrected chi connectivity index (χ0v) is 16.4. The van der Waals surface area contributed by atoms with E-state index in [0.29, 0.717) is 12.3 Å². The minimum atomic E-state index is -0.215. The molecule has 0 atom stereocenters. The summed E-state index contributed by atoms with van der Waals surface area (Å²) < 4.78 is 18.8. The highest BCUT2D eigenvalue weighted by Crippen LogP contribution is 2.20. The first-order valence-electron chi connectivity index (χ1n) is 10.0. The zero-order chi connectivity index (χ0) is 20.1. The normalized spacial score (nSPS) is 15.3. The zero-order valence-electron chi connectivity index (χ0n) is 16.4. The molecule has 1 aliphatic heterocycles. The van der Waals surface area contributed by atoms with Crippen molar-refractivity contribution < 1.29 is 13.9 Å². The van der Waals surface area contributed by atoms with Crippen LogP contribution in [-0.4, -0.2) is 48.5 Å². The Bertz CT molecular complexity index is 974. The van der Waals surface area contributed by atoms with Crippen LogP contribution in [0.25, 0.3) is 10.8 Å². The number of carbonyl (C=O) groups is 1. The molecule has 0 unspecified atom stereocenters. The maximum atomic E-state index is 13.1. The Balaban J connectivity index is 1.29. The molecule has 1 amide bonds. The van der Waals surface area contributed by atoms with Crippen LogP contribution in [0.5, 0.6) is 5.75 Å². The molecule has 150 valence electrons. The van der Waals surface area contributed by atoms with Crippen LogP contribution in [0, 0.1) is 5.82 Å². The molecule has 1 heterocycles. The van der Waals surface area contributed by atoms with E-state index in [1.54, 1.807) is 0 Å². The molecule has 1 saturated heterocycles. The first-order chi connectivity index (χ1) is 14.2. The molecule has 4 nitrogen and oxygen atoms in total. The van der Waals surface area contributed by atoms with Crippen molar-refractivity contribution in [3.8, 4) is 5.75 Å². The molecule has 0 N–H and O–H groups in total. The van der Waals surface area contributed by atoms with Gasteiger partial charge in [-0.15, -0.1) is 0 Å². The fourth-order valence-corrected chi connectivity index (χ4v) is 3.72. The predicted octanol–water partition coefficient (Wildman–Crippen LogP) is 4.09. The topological polar surface area (TPSA) is 32.8 Å². The molecule has 5 heteroatoms. The molecule has 0 aliphatic carbocycles. The lowest BCUT2D eigenvalue weighted by Crippen LogP contribution is -2.38. The molecule has 4 rings (SSSR count). The standard InChI is InChI=1S/C24H25FN2O2/c25-22-9-6-19(7-10-22)17-26-12-3-13-27(15-14-26)24(28)18-29-23-11-8-20-4-1-2-5-21(20)16-23/h1-2,4-11,16H,3,12-15,17-18H2. The van der Waals surface area contributed by atoms with Crippen LogP contribution in [0.15, 0.2) is 66.7 Å². The Morgan fingerprint density at radius 1 is 0.897 bits per heavy atom. The van der Waals surface area contributed by atoms with Crippen LogP contribution >= 0.6 is 0 Å². The van der Waals surface area contributed by atoms with Crippen molar-refractivity contribution in [1.29, 1.82) is 0 Å². The molecule has 1 aliphatic rings. The van der Waals surface area contributed by atoms with Crippen molar-refractivity contribution in [1.82, 2.24) is 9.80 Å². The lowest BCUT2D eigenvalue weighted by atomic mass is 10.1. The highest BCUT2D eigenvalue weighted by molar-refractivity contribution is 5.84. The van der Waals surface area contributed by atoms with Gasteiger partial charge < -0.3 is 9.64 Å². The van der Waals surface area contributed by atoms with Crippen molar-refractivity contribution in [2.45, 2.75) is 13.0 Å². The number of benzene rings is 3. The van der Waals surface area contributed by atoms with Gasteiger partial charge in [0.1, 0.15) is 11.6 Å². The minimum Gasteiger partial charge on any atom is -0.484 e. The van der Waals surface area contributed by atoms with Gasteiger partial charge in [-0.25, -0.2) is 4.39 Å². The van der Waals surface area contributed by atoms with Crippen molar-refractivity contribution in [2.24, 2.45) is 0 Å². The highest BCUT2D eigenvalue weighted by atomic mass is 19.1. The maximum Gasteiger partial charge on any atom is 0.260 e. The summed E-state index contributed by atoms with van der Waals surface area (Å²) in [7, 11) is 0. The summed E-state index contributed by atoms with van der Waals surface area (Å²) >= 11 is 0. The van der Waals surface area contributed by atoms with E-state index < -0.39 is 0 Å². The molecule has 0 saturated carbocycles. The van der Waals surface area contributed by atoms with Crippen LogP contribution in [0.2, 0.25) is 0 Å². The molecule has 3 aromatic carbocycles. The number of carbonyl (C=O) groups excluding carboxylic acids is 1. The lowest BCUT2D eigenvalue weighted by molar-refractivity contribution is -0.133. The highest BCUT2D eigenvalue weighted by Gasteiger charge is 2.19. The number of nitrogens with zero attached hydrogens (tertiary/aromatic N) is 2. The summed E-state index contributed by atoms with van der Waals surface area (Å²) in [5, 5.41) is 2.25. The third-order valence-electron chi connectivity index (χ3n) is 5.34. The largest absolute Gasteiger partial charge is 0.484 e. The molecule has 0 radical (unpaired) electrons. The smallest absolute Gasteiger partial charge is 0.260 e. The van der Waals surface area contributed by atoms with Gasteiger partial charge in [0.15, 0.2) is 6.61 Å². The molecule has 29 heavy (non-hydrogen) atoms. The van der Waals surface area contributed by atoms with E-state index in [4.69, 9.17) is 4.74 Å². The van der Waals surface area contributed by atoms with E-state index >= 15 is 0 Å². The van der Waals surface area contributed by atoms with Gasteiger partial charge in [-0.2, -0.15) is 0 Å². The first-order valence-corrected chi connectivity index (χ1v) is 10.0. The van der Waals surface area contributed by atoms with E-state index in [1.165, 1.54) is 12.1 Å². The third-order valence-corrected chi connectivity index (χ3v) is 5.34. The number of rotatable bonds is 5. The average molecular weight is 392 g/mol. The van der Waals surface area contributed by atoms with Gasteiger partial charge >= 0.3 is 0 Å². The fraction of sp³-hybridized carbons (Fsp3) is 0.292. The summed E-state index contributed by atoms with van der Waals surface area (Å²) in [6.45, 7) is 3.97. The Morgan fingerprint density at radius 2 is 1.69 bits per heavy atom. The molecule has 0 bridgehead atoms. The molecule has 1 fully saturated rings. The van der Waals surface area contributed by atoms with Crippen molar-refractivity contribution in [3.63, 3.8) is 0 Å². The Labute approximate surface area is 170 Å². The molecule has 3 aromatic rings. The number of amides is 1. The van der Waals surface area contributed by atoms with Gasteiger partial charge in [-0.3, -0.25) is 9.69 Å². The van der Waals surface area contributed by atoms with Gasteiger partial charge in [0.25, 0.3) is 5.91 Å². The van der Waals surface area contributed by atoms with Crippen LogP contribution in [0.1, 0.15) is 12.0 Å². The quantitative estimate of drug-likeness (QED) is 0.656. The summed E-state index contributed by atoms with van der Waals surface area (Å²) in [4.78, 5) is 16.8. The number of hydrogen-bond acceptors (Lipinski definition) is 3. The van der Waals surface area contributed by atoms with Gasteiger partial charge in [0.05, 0.1) is 0 Å². The Hall–Kier alpha value is -2.92. The van der Waals surface area contributed by atoms with Gasteiger partial charge in [0.2, 0.25) is 0 Å². The van der Waals surface area contributed by atoms with Crippen LogP contribution in [-0.2, 0) is 11.3 Å². The second kappa shape index (κ2) is 9.05. The number of fused-ring (bicyclic) bond motifs is 1. The van der Waals surface area contributed by atoms with Crippen molar-refractivity contribution in [3.05, 3.63) is 78.1 Å². The summed E-state index contributed by atoms with van der Waals surface area (Å²) in [5.41, 5.74) is 1.09. The van der Waals surface area contributed by atoms with Gasteiger partial charge in [0, 0.05) is 32.7 Å².